The van der Waals surface area contributed by atoms with E-state index in [0.717, 1.165) is 44.2 Å². The number of hydrogen-bond donors (Lipinski definition) is 1. The highest BCUT2D eigenvalue weighted by molar-refractivity contribution is 5.92. The van der Waals surface area contributed by atoms with Gasteiger partial charge in [0.1, 0.15) is 0 Å². The molecule has 0 saturated carbocycles. The van der Waals surface area contributed by atoms with Crippen molar-refractivity contribution in [2.45, 2.75) is 6.92 Å². The first-order valence-corrected chi connectivity index (χ1v) is 8.75. The minimum Gasteiger partial charge on any atom is -0.454 e. The van der Waals surface area contributed by atoms with Crippen LogP contribution >= 0.6 is 0 Å². The van der Waals surface area contributed by atoms with Crippen molar-refractivity contribution in [3.05, 3.63) is 36.0 Å². The van der Waals surface area contributed by atoms with Crippen LogP contribution in [0.3, 0.4) is 0 Å². The molecule has 3 heterocycles. The zero-order valence-electron chi connectivity index (χ0n) is 14.6. The zero-order chi connectivity index (χ0) is 17.9. The summed E-state index contributed by atoms with van der Waals surface area (Å²) in [4.78, 5) is 16.7. The van der Waals surface area contributed by atoms with Crippen LogP contribution in [0.4, 0.5) is 11.5 Å². The zero-order valence-corrected chi connectivity index (χ0v) is 14.6. The van der Waals surface area contributed by atoms with Gasteiger partial charge in [0, 0.05) is 37.9 Å². The van der Waals surface area contributed by atoms with E-state index in [1.807, 2.05) is 23.1 Å². The van der Waals surface area contributed by atoms with Crippen molar-refractivity contribution < 1.29 is 14.3 Å². The Bertz CT molecular complexity index is 788. The van der Waals surface area contributed by atoms with Gasteiger partial charge in [-0.05, 0) is 30.8 Å². The number of carbonyl (C=O) groups excluding carboxylic acids is 1. The number of rotatable bonds is 4. The monoisotopic (exact) mass is 355 g/mol. The molecule has 2 aliphatic rings. The Balaban J connectivity index is 1.39. The second kappa shape index (κ2) is 7.17. The highest BCUT2D eigenvalue weighted by Crippen LogP contribution is 2.34. The summed E-state index contributed by atoms with van der Waals surface area (Å²) in [5, 5.41) is 11.4. The lowest BCUT2D eigenvalue weighted by Gasteiger charge is -2.33. The lowest BCUT2D eigenvalue weighted by Crippen LogP contribution is -2.48. The molecule has 0 radical (unpaired) electrons. The number of likely N-dealkylation sites (N-methyl/N-ethyl adjacent to an activating group) is 1. The fourth-order valence-electron chi connectivity index (χ4n) is 3.06. The van der Waals surface area contributed by atoms with Gasteiger partial charge in [-0.1, -0.05) is 6.92 Å². The van der Waals surface area contributed by atoms with Crippen LogP contribution in [-0.4, -0.2) is 65.4 Å². The lowest BCUT2D eigenvalue weighted by molar-refractivity contribution is 0.0636. The molecule has 2 aliphatic heterocycles. The van der Waals surface area contributed by atoms with Gasteiger partial charge in [0.05, 0.1) is 0 Å². The van der Waals surface area contributed by atoms with Crippen LogP contribution in [0.5, 0.6) is 11.5 Å². The van der Waals surface area contributed by atoms with Crippen molar-refractivity contribution in [1.82, 2.24) is 20.0 Å². The van der Waals surface area contributed by atoms with Gasteiger partial charge in [-0.15, -0.1) is 10.2 Å². The Morgan fingerprint density at radius 1 is 1.08 bits per heavy atom. The fourth-order valence-corrected chi connectivity index (χ4v) is 3.06. The van der Waals surface area contributed by atoms with Crippen molar-refractivity contribution in [2.24, 2.45) is 0 Å². The lowest BCUT2D eigenvalue weighted by atomic mass is 10.2. The highest BCUT2D eigenvalue weighted by Gasteiger charge is 2.22. The molecule has 0 aliphatic carbocycles. The minimum absolute atomic E-state index is 0.0668. The van der Waals surface area contributed by atoms with E-state index in [4.69, 9.17) is 9.47 Å². The van der Waals surface area contributed by atoms with E-state index in [2.05, 4.69) is 27.3 Å². The Labute approximate surface area is 151 Å². The summed E-state index contributed by atoms with van der Waals surface area (Å²) >= 11 is 0. The van der Waals surface area contributed by atoms with E-state index in [9.17, 15) is 4.79 Å². The molecule has 0 atom stereocenters. The number of anilines is 2. The highest BCUT2D eigenvalue weighted by atomic mass is 16.7. The van der Waals surface area contributed by atoms with Crippen LogP contribution in [-0.2, 0) is 0 Å². The minimum atomic E-state index is -0.0668. The van der Waals surface area contributed by atoms with Crippen LogP contribution in [0.1, 0.15) is 17.4 Å². The summed E-state index contributed by atoms with van der Waals surface area (Å²) in [6.07, 6.45) is 0. The van der Waals surface area contributed by atoms with Gasteiger partial charge in [-0.2, -0.15) is 0 Å². The normalized spacial score (nSPS) is 16.6. The molecule has 1 aromatic carbocycles. The summed E-state index contributed by atoms with van der Waals surface area (Å²) in [6, 6.07) is 9.02. The molecule has 2 aromatic rings. The molecule has 1 N–H and O–H groups in total. The summed E-state index contributed by atoms with van der Waals surface area (Å²) in [7, 11) is 0. The van der Waals surface area contributed by atoms with Crippen molar-refractivity contribution in [1.29, 1.82) is 0 Å². The maximum absolute atomic E-state index is 12.5. The molecule has 0 spiro atoms. The number of benzene rings is 1. The maximum atomic E-state index is 12.5. The third-order valence-corrected chi connectivity index (χ3v) is 4.64. The van der Waals surface area contributed by atoms with Gasteiger partial charge >= 0.3 is 0 Å². The largest absolute Gasteiger partial charge is 0.454 e. The van der Waals surface area contributed by atoms with Crippen LogP contribution < -0.4 is 14.8 Å². The molecule has 1 amide bonds. The Kier molecular flexibility index (Phi) is 4.57. The van der Waals surface area contributed by atoms with Crippen molar-refractivity contribution in [3.63, 3.8) is 0 Å². The molecule has 4 rings (SSSR count). The standard InChI is InChI=1S/C18H21N5O3/c1-2-22-7-9-23(10-8-22)18(24)14-4-6-17(21-20-14)19-13-3-5-15-16(11-13)26-12-25-15/h3-6,11H,2,7-10,12H2,1H3,(H,19,21). The third kappa shape index (κ3) is 3.41. The molecule has 136 valence electrons. The predicted molar refractivity (Wildman–Crippen MR) is 95.9 cm³/mol. The number of amides is 1. The number of fused-ring (bicyclic) bond motifs is 1. The first-order chi connectivity index (χ1) is 12.7. The quantitative estimate of drug-likeness (QED) is 0.894. The second-order valence-corrected chi connectivity index (χ2v) is 6.22. The van der Waals surface area contributed by atoms with Gasteiger partial charge in [0.25, 0.3) is 5.91 Å². The molecular weight excluding hydrogens is 334 g/mol. The smallest absolute Gasteiger partial charge is 0.274 e. The predicted octanol–water partition coefficient (Wildman–Crippen LogP) is 1.73. The summed E-state index contributed by atoms with van der Waals surface area (Å²) < 4.78 is 10.7. The average Bonchev–Trinajstić information content (AvgIpc) is 3.16. The van der Waals surface area contributed by atoms with Gasteiger partial charge in [-0.25, -0.2) is 0 Å². The third-order valence-electron chi connectivity index (χ3n) is 4.64. The molecule has 1 aromatic heterocycles. The van der Waals surface area contributed by atoms with E-state index >= 15 is 0 Å². The molecule has 1 saturated heterocycles. The van der Waals surface area contributed by atoms with Gasteiger partial charge in [0.15, 0.2) is 23.0 Å². The second-order valence-electron chi connectivity index (χ2n) is 6.22. The number of nitrogens with zero attached hydrogens (tertiary/aromatic N) is 4. The van der Waals surface area contributed by atoms with Gasteiger partial charge < -0.3 is 24.6 Å². The molecule has 0 bridgehead atoms. The van der Waals surface area contributed by atoms with E-state index in [0.29, 0.717) is 17.3 Å². The summed E-state index contributed by atoms with van der Waals surface area (Å²) in [6.45, 7) is 6.65. The van der Waals surface area contributed by atoms with Crippen LogP contribution in [0, 0.1) is 0 Å². The first kappa shape index (κ1) is 16.6. The van der Waals surface area contributed by atoms with Gasteiger partial charge in [-0.3, -0.25) is 4.79 Å². The van der Waals surface area contributed by atoms with Crippen molar-refractivity contribution in [2.75, 3.05) is 44.8 Å². The average molecular weight is 355 g/mol. The van der Waals surface area contributed by atoms with Crippen molar-refractivity contribution in [3.8, 4) is 11.5 Å². The SMILES string of the molecule is CCN1CCN(C(=O)c2ccc(Nc3ccc4c(c3)OCO4)nn2)CC1. The summed E-state index contributed by atoms with van der Waals surface area (Å²) in [5.74, 6) is 1.92. The molecule has 0 unspecified atom stereocenters. The van der Waals surface area contributed by atoms with Crippen LogP contribution in [0.2, 0.25) is 0 Å². The first-order valence-electron chi connectivity index (χ1n) is 8.75. The topological polar surface area (TPSA) is 79.8 Å². The molecule has 8 nitrogen and oxygen atoms in total. The number of ether oxygens (including phenoxy) is 2. The molecule has 1 fully saturated rings. The van der Waals surface area contributed by atoms with E-state index in [1.54, 1.807) is 12.1 Å². The molecule has 8 heteroatoms. The summed E-state index contributed by atoms with van der Waals surface area (Å²) in [5.41, 5.74) is 1.18. The Morgan fingerprint density at radius 3 is 2.62 bits per heavy atom. The Hall–Kier alpha value is -2.87. The van der Waals surface area contributed by atoms with E-state index < -0.39 is 0 Å². The van der Waals surface area contributed by atoms with Crippen molar-refractivity contribution >= 4 is 17.4 Å². The number of carbonyl (C=O) groups is 1. The number of nitrogens with one attached hydrogen (secondary N) is 1. The van der Waals surface area contributed by atoms with E-state index in [-0.39, 0.29) is 12.7 Å². The fraction of sp³-hybridized carbons (Fsp3) is 0.389. The Morgan fingerprint density at radius 2 is 1.88 bits per heavy atom. The number of piperazine rings is 1. The maximum Gasteiger partial charge on any atom is 0.274 e. The van der Waals surface area contributed by atoms with Gasteiger partial charge in [0.2, 0.25) is 6.79 Å². The number of hydrogen-bond acceptors (Lipinski definition) is 7. The number of aromatic nitrogens is 2. The molecular formula is C18H21N5O3. The van der Waals surface area contributed by atoms with Crippen LogP contribution in [0.15, 0.2) is 30.3 Å². The van der Waals surface area contributed by atoms with E-state index in [1.165, 1.54) is 0 Å². The molecule has 26 heavy (non-hydrogen) atoms. The van der Waals surface area contributed by atoms with Crippen LogP contribution in [0.25, 0.3) is 0 Å².